The van der Waals surface area contributed by atoms with E-state index in [0.717, 1.165) is 51.3 Å². The Morgan fingerprint density at radius 1 is 1.07 bits per heavy atom. The molecule has 2 amide bonds. The Morgan fingerprint density at radius 2 is 1.80 bits per heavy atom. The number of amides is 2. The van der Waals surface area contributed by atoms with Crippen molar-refractivity contribution in [1.82, 2.24) is 20.4 Å². The molecule has 0 aromatic heterocycles. The second-order valence-corrected chi connectivity index (χ2v) is 8.56. The van der Waals surface area contributed by atoms with Gasteiger partial charge in [-0.25, -0.2) is 0 Å². The third kappa shape index (κ3) is 5.47. The summed E-state index contributed by atoms with van der Waals surface area (Å²) in [5.74, 6) is 0.917. The first-order chi connectivity index (χ1) is 13.7. The quantitative estimate of drug-likeness (QED) is 0.711. The standard InChI is InChI=1S/C22H32N4O2.2ClH/c27-20(24-14-18-6-2-1-3-7-18)16-25-10-12-26(13-11-25)21(28)22-9-5-4-8-19(22)15-23-17-22;;/h1-3,6-7,19,23H,4-5,8-17H2,(H,24,27);2*1H/t19-,22+;;/m0../s1. The number of carbonyl (C=O) groups is 2. The minimum absolute atomic E-state index is 0. The van der Waals surface area contributed by atoms with E-state index in [1.54, 1.807) is 0 Å². The highest BCUT2D eigenvalue weighted by molar-refractivity contribution is 5.86. The Bertz CT molecular complexity index is 698. The van der Waals surface area contributed by atoms with Gasteiger partial charge in [0.05, 0.1) is 12.0 Å². The van der Waals surface area contributed by atoms with Crippen molar-refractivity contribution in [1.29, 1.82) is 0 Å². The van der Waals surface area contributed by atoms with Gasteiger partial charge >= 0.3 is 0 Å². The summed E-state index contributed by atoms with van der Waals surface area (Å²) in [5, 5.41) is 6.47. The summed E-state index contributed by atoms with van der Waals surface area (Å²) in [5.41, 5.74) is 0.950. The van der Waals surface area contributed by atoms with Crippen molar-refractivity contribution >= 4 is 36.6 Å². The van der Waals surface area contributed by atoms with E-state index in [0.29, 0.717) is 24.9 Å². The van der Waals surface area contributed by atoms with Crippen LogP contribution < -0.4 is 10.6 Å². The van der Waals surface area contributed by atoms with E-state index in [2.05, 4.69) is 20.4 Å². The van der Waals surface area contributed by atoms with Gasteiger partial charge in [-0.1, -0.05) is 43.2 Å². The zero-order valence-electron chi connectivity index (χ0n) is 17.5. The number of hydrogen-bond acceptors (Lipinski definition) is 4. The average molecular weight is 457 g/mol. The Labute approximate surface area is 192 Å². The molecule has 1 aromatic rings. The van der Waals surface area contributed by atoms with Gasteiger partial charge in [-0.2, -0.15) is 0 Å². The van der Waals surface area contributed by atoms with Crippen molar-refractivity contribution in [3.8, 4) is 0 Å². The van der Waals surface area contributed by atoms with Gasteiger partial charge in [0.1, 0.15) is 0 Å². The number of carbonyl (C=O) groups excluding carboxylic acids is 2. The smallest absolute Gasteiger partial charge is 0.234 e. The third-order valence-electron chi connectivity index (χ3n) is 6.82. The monoisotopic (exact) mass is 456 g/mol. The molecule has 0 spiro atoms. The van der Waals surface area contributed by atoms with E-state index in [1.165, 1.54) is 19.3 Å². The number of rotatable bonds is 5. The number of hydrogen-bond donors (Lipinski definition) is 2. The van der Waals surface area contributed by atoms with Crippen LogP contribution in [0.5, 0.6) is 0 Å². The van der Waals surface area contributed by atoms with Gasteiger partial charge in [0.2, 0.25) is 11.8 Å². The van der Waals surface area contributed by atoms with Crippen LogP contribution in [0.4, 0.5) is 0 Å². The third-order valence-corrected chi connectivity index (χ3v) is 6.82. The van der Waals surface area contributed by atoms with Crippen molar-refractivity contribution in [2.24, 2.45) is 11.3 Å². The minimum Gasteiger partial charge on any atom is -0.351 e. The van der Waals surface area contributed by atoms with Gasteiger partial charge in [0, 0.05) is 39.3 Å². The van der Waals surface area contributed by atoms with Crippen LogP contribution in [-0.2, 0) is 16.1 Å². The molecule has 3 fully saturated rings. The van der Waals surface area contributed by atoms with Crippen molar-refractivity contribution in [3.05, 3.63) is 35.9 Å². The normalized spacial score (nSPS) is 26.1. The first-order valence-electron chi connectivity index (χ1n) is 10.7. The van der Waals surface area contributed by atoms with Gasteiger partial charge < -0.3 is 15.5 Å². The summed E-state index contributed by atoms with van der Waals surface area (Å²) in [6, 6.07) is 9.96. The van der Waals surface area contributed by atoms with E-state index >= 15 is 0 Å². The van der Waals surface area contributed by atoms with Crippen LogP contribution in [0, 0.1) is 11.3 Å². The van der Waals surface area contributed by atoms with E-state index in [9.17, 15) is 9.59 Å². The highest BCUT2D eigenvalue weighted by Gasteiger charge is 2.51. The highest BCUT2D eigenvalue weighted by atomic mass is 35.5. The summed E-state index contributed by atoms with van der Waals surface area (Å²) < 4.78 is 0. The number of halogens is 2. The van der Waals surface area contributed by atoms with Crippen LogP contribution in [0.1, 0.15) is 31.2 Å². The van der Waals surface area contributed by atoms with Gasteiger partial charge in [-0.3, -0.25) is 14.5 Å². The first kappa shape index (κ1) is 24.9. The molecule has 1 saturated carbocycles. The Kier molecular flexibility index (Phi) is 9.41. The second-order valence-electron chi connectivity index (χ2n) is 8.56. The molecule has 2 atom stereocenters. The van der Waals surface area contributed by atoms with E-state index in [-0.39, 0.29) is 36.1 Å². The predicted octanol–water partition coefficient (Wildman–Crippen LogP) is 2.07. The molecule has 4 rings (SSSR count). The Morgan fingerprint density at radius 3 is 2.53 bits per heavy atom. The van der Waals surface area contributed by atoms with Crippen molar-refractivity contribution in [3.63, 3.8) is 0 Å². The van der Waals surface area contributed by atoms with Gasteiger partial charge in [0.15, 0.2) is 0 Å². The summed E-state index contributed by atoms with van der Waals surface area (Å²) in [6.45, 7) is 5.83. The van der Waals surface area contributed by atoms with Crippen LogP contribution in [-0.4, -0.2) is 67.4 Å². The van der Waals surface area contributed by atoms with Crippen LogP contribution in [0.3, 0.4) is 0 Å². The lowest BCUT2D eigenvalue weighted by atomic mass is 9.67. The van der Waals surface area contributed by atoms with Crippen LogP contribution in [0.25, 0.3) is 0 Å². The summed E-state index contributed by atoms with van der Waals surface area (Å²) in [4.78, 5) is 29.8. The first-order valence-corrected chi connectivity index (χ1v) is 10.7. The molecule has 8 heteroatoms. The summed E-state index contributed by atoms with van der Waals surface area (Å²) in [7, 11) is 0. The maximum Gasteiger partial charge on any atom is 0.234 e. The molecular weight excluding hydrogens is 423 g/mol. The fourth-order valence-corrected chi connectivity index (χ4v) is 5.15. The molecule has 1 aromatic carbocycles. The van der Waals surface area contributed by atoms with Gasteiger partial charge in [-0.15, -0.1) is 24.8 Å². The summed E-state index contributed by atoms with van der Waals surface area (Å²) in [6.07, 6.45) is 4.64. The average Bonchev–Trinajstić information content (AvgIpc) is 3.18. The molecule has 3 aliphatic rings. The zero-order chi connectivity index (χ0) is 19.4. The maximum atomic E-state index is 13.3. The molecule has 30 heavy (non-hydrogen) atoms. The Balaban J connectivity index is 0.00000160. The molecule has 0 bridgehead atoms. The number of nitrogens with one attached hydrogen (secondary N) is 2. The minimum atomic E-state index is -0.159. The molecule has 0 unspecified atom stereocenters. The lowest BCUT2D eigenvalue weighted by Gasteiger charge is -2.43. The molecule has 6 nitrogen and oxygen atoms in total. The van der Waals surface area contributed by atoms with E-state index in [1.807, 2.05) is 30.3 Å². The van der Waals surface area contributed by atoms with Gasteiger partial charge in [-0.05, 0) is 30.9 Å². The fourth-order valence-electron chi connectivity index (χ4n) is 5.15. The topological polar surface area (TPSA) is 64.7 Å². The predicted molar refractivity (Wildman–Crippen MR) is 123 cm³/mol. The molecule has 2 N–H and O–H groups in total. The van der Waals surface area contributed by atoms with Crippen LogP contribution in [0.2, 0.25) is 0 Å². The SMILES string of the molecule is Cl.Cl.O=C(CN1CCN(C(=O)[C@@]23CCCC[C@H]2CNC3)CC1)NCc1ccccc1. The van der Waals surface area contributed by atoms with Crippen molar-refractivity contribution in [2.75, 3.05) is 45.8 Å². The number of piperazine rings is 1. The second kappa shape index (κ2) is 11.3. The molecule has 2 aliphatic heterocycles. The van der Waals surface area contributed by atoms with Crippen molar-refractivity contribution < 1.29 is 9.59 Å². The number of nitrogens with zero attached hydrogens (tertiary/aromatic N) is 2. The molecule has 2 heterocycles. The van der Waals surface area contributed by atoms with Crippen LogP contribution in [0.15, 0.2) is 30.3 Å². The molecule has 2 saturated heterocycles. The Hall–Kier alpha value is -1.34. The maximum absolute atomic E-state index is 13.3. The van der Waals surface area contributed by atoms with E-state index < -0.39 is 0 Å². The fraction of sp³-hybridized carbons (Fsp3) is 0.636. The molecule has 1 aliphatic carbocycles. The number of benzene rings is 1. The molecular formula is C22H34Cl2N4O2. The van der Waals surface area contributed by atoms with E-state index in [4.69, 9.17) is 0 Å². The molecule has 168 valence electrons. The highest BCUT2D eigenvalue weighted by Crippen LogP contribution is 2.45. The largest absolute Gasteiger partial charge is 0.351 e. The number of fused-ring (bicyclic) bond motifs is 1. The van der Waals surface area contributed by atoms with Crippen molar-refractivity contribution in [2.45, 2.75) is 32.2 Å². The lowest BCUT2D eigenvalue weighted by Crippen LogP contribution is -2.56. The zero-order valence-corrected chi connectivity index (χ0v) is 19.1. The molecule has 0 radical (unpaired) electrons. The van der Waals surface area contributed by atoms with Gasteiger partial charge in [0.25, 0.3) is 0 Å². The lowest BCUT2D eigenvalue weighted by molar-refractivity contribution is -0.147. The van der Waals surface area contributed by atoms with Crippen LogP contribution >= 0.6 is 24.8 Å². The summed E-state index contributed by atoms with van der Waals surface area (Å²) >= 11 is 0.